The zero-order chi connectivity index (χ0) is 12.3. The summed E-state index contributed by atoms with van der Waals surface area (Å²) < 4.78 is 5.22. The van der Waals surface area contributed by atoms with Crippen LogP contribution in [0.15, 0.2) is 6.07 Å². The maximum atomic E-state index is 11.2. The van der Waals surface area contributed by atoms with Crippen LogP contribution >= 0.6 is 0 Å². The van der Waals surface area contributed by atoms with E-state index in [1.807, 2.05) is 13.8 Å². The number of rotatable bonds is 3. The zero-order valence-corrected chi connectivity index (χ0v) is 10.3. The normalized spacial score (nSPS) is 10.2. The van der Waals surface area contributed by atoms with Gasteiger partial charge in [-0.1, -0.05) is 13.8 Å². The fourth-order valence-corrected chi connectivity index (χ4v) is 1.67. The standard InChI is InChI=1S/C13H18O3/c1-5-10-9(4)11(16-12(14)6-2)7-8(3)13(10)15/h7,15H,5-6H2,1-4H3. The van der Waals surface area contributed by atoms with Crippen molar-refractivity contribution in [3.8, 4) is 11.5 Å². The highest BCUT2D eigenvalue weighted by atomic mass is 16.5. The Morgan fingerprint density at radius 3 is 2.50 bits per heavy atom. The average molecular weight is 222 g/mol. The second-order valence-electron chi connectivity index (χ2n) is 3.82. The second kappa shape index (κ2) is 5.01. The number of aryl methyl sites for hydroxylation is 1. The van der Waals surface area contributed by atoms with Crippen molar-refractivity contribution in [3.63, 3.8) is 0 Å². The van der Waals surface area contributed by atoms with Crippen LogP contribution in [0.5, 0.6) is 11.5 Å². The minimum Gasteiger partial charge on any atom is -0.507 e. The molecule has 1 aromatic rings. The Labute approximate surface area is 96.1 Å². The Hall–Kier alpha value is -1.51. The van der Waals surface area contributed by atoms with Crippen LogP contribution in [0.1, 0.15) is 37.0 Å². The van der Waals surface area contributed by atoms with E-state index in [0.29, 0.717) is 17.9 Å². The molecule has 0 atom stereocenters. The monoisotopic (exact) mass is 222 g/mol. The molecule has 88 valence electrons. The van der Waals surface area contributed by atoms with Crippen molar-refractivity contribution in [2.45, 2.75) is 40.5 Å². The molecule has 0 saturated carbocycles. The number of carbonyl (C=O) groups is 1. The highest BCUT2D eigenvalue weighted by molar-refractivity contribution is 5.73. The third kappa shape index (κ3) is 2.35. The summed E-state index contributed by atoms with van der Waals surface area (Å²) in [5, 5.41) is 9.85. The van der Waals surface area contributed by atoms with E-state index in [1.165, 1.54) is 0 Å². The highest BCUT2D eigenvalue weighted by Crippen LogP contribution is 2.33. The number of esters is 1. The van der Waals surface area contributed by atoms with Crippen molar-refractivity contribution in [1.29, 1.82) is 0 Å². The molecule has 3 heteroatoms. The third-order valence-corrected chi connectivity index (χ3v) is 2.70. The van der Waals surface area contributed by atoms with Crippen LogP contribution in [-0.4, -0.2) is 11.1 Å². The lowest BCUT2D eigenvalue weighted by Crippen LogP contribution is -2.08. The lowest BCUT2D eigenvalue weighted by molar-refractivity contribution is -0.134. The van der Waals surface area contributed by atoms with Gasteiger partial charge in [0, 0.05) is 12.0 Å². The molecule has 1 rings (SSSR count). The number of carbonyl (C=O) groups excluding carboxylic acids is 1. The number of hydrogen-bond donors (Lipinski definition) is 1. The summed E-state index contributed by atoms with van der Waals surface area (Å²) in [6.45, 7) is 7.38. The largest absolute Gasteiger partial charge is 0.507 e. The molecule has 1 aromatic carbocycles. The Bertz CT molecular complexity index is 408. The fraction of sp³-hybridized carbons (Fsp3) is 0.462. The Balaban J connectivity index is 3.20. The number of ether oxygens (including phenoxy) is 1. The molecule has 0 unspecified atom stereocenters. The molecular formula is C13H18O3. The van der Waals surface area contributed by atoms with Gasteiger partial charge in [-0.2, -0.15) is 0 Å². The number of hydrogen-bond acceptors (Lipinski definition) is 3. The van der Waals surface area contributed by atoms with Crippen molar-refractivity contribution >= 4 is 5.97 Å². The molecule has 0 fully saturated rings. The van der Waals surface area contributed by atoms with Crippen molar-refractivity contribution in [1.82, 2.24) is 0 Å². The Morgan fingerprint density at radius 1 is 1.38 bits per heavy atom. The first-order valence-corrected chi connectivity index (χ1v) is 5.53. The third-order valence-electron chi connectivity index (χ3n) is 2.70. The summed E-state index contributed by atoms with van der Waals surface area (Å²) in [4.78, 5) is 11.2. The number of phenols is 1. The van der Waals surface area contributed by atoms with E-state index >= 15 is 0 Å². The van der Waals surface area contributed by atoms with Gasteiger partial charge in [0.15, 0.2) is 0 Å². The second-order valence-corrected chi connectivity index (χ2v) is 3.82. The van der Waals surface area contributed by atoms with Crippen LogP contribution in [-0.2, 0) is 11.2 Å². The lowest BCUT2D eigenvalue weighted by Gasteiger charge is -2.14. The molecule has 3 nitrogen and oxygen atoms in total. The molecule has 0 saturated heterocycles. The quantitative estimate of drug-likeness (QED) is 0.632. The van der Waals surface area contributed by atoms with Crippen molar-refractivity contribution in [3.05, 3.63) is 22.8 Å². The molecule has 0 radical (unpaired) electrons. The molecule has 0 bridgehead atoms. The Kier molecular flexibility index (Phi) is 3.93. The topological polar surface area (TPSA) is 46.5 Å². The van der Waals surface area contributed by atoms with Crippen LogP contribution in [0.4, 0.5) is 0 Å². The first-order valence-electron chi connectivity index (χ1n) is 5.53. The van der Waals surface area contributed by atoms with Crippen LogP contribution in [0, 0.1) is 13.8 Å². The van der Waals surface area contributed by atoms with Gasteiger partial charge in [0.25, 0.3) is 0 Å². The smallest absolute Gasteiger partial charge is 0.310 e. The van der Waals surface area contributed by atoms with Gasteiger partial charge in [0.05, 0.1) is 0 Å². The van der Waals surface area contributed by atoms with Gasteiger partial charge in [-0.3, -0.25) is 4.79 Å². The highest BCUT2D eigenvalue weighted by Gasteiger charge is 2.14. The molecule has 0 amide bonds. The van der Waals surface area contributed by atoms with E-state index in [4.69, 9.17) is 4.74 Å². The van der Waals surface area contributed by atoms with Crippen molar-refractivity contribution in [2.75, 3.05) is 0 Å². The van der Waals surface area contributed by atoms with Gasteiger partial charge in [-0.25, -0.2) is 0 Å². The molecule has 1 N–H and O–H groups in total. The van der Waals surface area contributed by atoms with Crippen LogP contribution in [0.2, 0.25) is 0 Å². The molecular weight excluding hydrogens is 204 g/mol. The van der Waals surface area contributed by atoms with Gasteiger partial charge in [-0.15, -0.1) is 0 Å². The molecule has 0 spiro atoms. The average Bonchev–Trinajstić information content (AvgIpc) is 2.26. The summed E-state index contributed by atoms with van der Waals surface area (Å²) >= 11 is 0. The fourth-order valence-electron chi connectivity index (χ4n) is 1.67. The van der Waals surface area contributed by atoms with Gasteiger partial charge in [0.2, 0.25) is 0 Å². The summed E-state index contributed by atoms with van der Waals surface area (Å²) in [5.41, 5.74) is 2.42. The molecule has 0 aliphatic carbocycles. The van der Waals surface area contributed by atoms with Crippen LogP contribution in [0.25, 0.3) is 0 Å². The predicted molar refractivity (Wildman–Crippen MR) is 62.9 cm³/mol. The van der Waals surface area contributed by atoms with Gasteiger partial charge in [0.1, 0.15) is 11.5 Å². The van der Waals surface area contributed by atoms with E-state index in [-0.39, 0.29) is 5.97 Å². The molecule has 0 aliphatic heterocycles. The van der Waals surface area contributed by atoms with Gasteiger partial charge >= 0.3 is 5.97 Å². The molecule has 0 aromatic heterocycles. The van der Waals surface area contributed by atoms with Gasteiger partial charge < -0.3 is 9.84 Å². The summed E-state index contributed by atoms with van der Waals surface area (Å²) in [5.74, 6) is 0.602. The van der Waals surface area contributed by atoms with Crippen molar-refractivity contribution in [2.24, 2.45) is 0 Å². The van der Waals surface area contributed by atoms with E-state index in [1.54, 1.807) is 19.9 Å². The maximum absolute atomic E-state index is 11.2. The lowest BCUT2D eigenvalue weighted by atomic mass is 10.0. The first kappa shape index (κ1) is 12.6. The zero-order valence-electron chi connectivity index (χ0n) is 10.3. The van der Waals surface area contributed by atoms with Crippen LogP contribution < -0.4 is 4.74 Å². The maximum Gasteiger partial charge on any atom is 0.310 e. The Morgan fingerprint density at radius 2 is 2.00 bits per heavy atom. The summed E-state index contributed by atoms with van der Waals surface area (Å²) in [6.07, 6.45) is 1.07. The van der Waals surface area contributed by atoms with E-state index in [2.05, 4.69) is 0 Å². The predicted octanol–water partition coefficient (Wildman–Crippen LogP) is 2.89. The number of aromatic hydroxyl groups is 1. The summed E-state index contributed by atoms with van der Waals surface area (Å²) in [6, 6.07) is 1.71. The van der Waals surface area contributed by atoms with E-state index in [9.17, 15) is 9.90 Å². The molecule has 16 heavy (non-hydrogen) atoms. The summed E-state index contributed by atoms with van der Waals surface area (Å²) in [7, 11) is 0. The van der Waals surface area contributed by atoms with Crippen LogP contribution in [0.3, 0.4) is 0 Å². The SMILES string of the molecule is CCC(=O)Oc1cc(C)c(O)c(CC)c1C. The minimum atomic E-state index is -0.254. The van der Waals surface area contributed by atoms with E-state index < -0.39 is 0 Å². The van der Waals surface area contributed by atoms with E-state index in [0.717, 1.165) is 23.1 Å². The molecule has 0 aliphatic rings. The minimum absolute atomic E-state index is 0.254. The van der Waals surface area contributed by atoms with Gasteiger partial charge in [-0.05, 0) is 37.5 Å². The first-order chi connectivity index (χ1) is 7.51. The number of benzene rings is 1. The molecule has 0 heterocycles. The van der Waals surface area contributed by atoms with Crippen molar-refractivity contribution < 1.29 is 14.6 Å². The number of phenolic OH excluding ortho intramolecular Hbond substituents is 1.